The monoisotopic (exact) mass is 416 g/mol. The van der Waals surface area contributed by atoms with Gasteiger partial charge in [0, 0.05) is 24.2 Å². The van der Waals surface area contributed by atoms with Crippen LogP contribution in [0.15, 0.2) is 18.2 Å². The maximum atomic E-state index is 12.8. The Bertz CT molecular complexity index is 838. The standard InChI is InChI=1S/C17H21ClN2O6S/c18-15-9-13(20(22)23)5-6-16(15)26-10-17(21)19(12-3-1-2-4-12)14-7-8-27(24,25)11-14/h5-6,9,12,14H,1-4,7-8,10-11H2/t14-/m0/s1. The number of hydrogen-bond donors (Lipinski definition) is 0. The average molecular weight is 417 g/mol. The molecule has 8 nitrogen and oxygen atoms in total. The molecule has 3 rings (SSSR count). The Balaban J connectivity index is 1.70. The first-order valence-corrected chi connectivity index (χ1v) is 11.0. The highest BCUT2D eigenvalue weighted by molar-refractivity contribution is 7.91. The van der Waals surface area contributed by atoms with Crippen molar-refractivity contribution < 1.29 is 22.9 Å². The van der Waals surface area contributed by atoms with Gasteiger partial charge in [-0.05, 0) is 25.3 Å². The van der Waals surface area contributed by atoms with Crippen LogP contribution in [0.2, 0.25) is 5.02 Å². The predicted molar refractivity (Wildman–Crippen MR) is 99.8 cm³/mol. The predicted octanol–water partition coefficient (Wildman–Crippen LogP) is 2.59. The van der Waals surface area contributed by atoms with Gasteiger partial charge in [-0.2, -0.15) is 0 Å². The van der Waals surface area contributed by atoms with Crippen molar-refractivity contribution in [1.29, 1.82) is 0 Å². The maximum Gasteiger partial charge on any atom is 0.271 e. The van der Waals surface area contributed by atoms with Gasteiger partial charge in [0.1, 0.15) is 5.75 Å². The Hall–Kier alpha value is -1.87. The molecule has 1 aromatic carbocycles. The maximum absolute atomic E-state index is 12.8. The minimum Gasteiger partial charge on any atom is -0.482 e. The topological polar surface area (TPSA) is 107 Å². The van der Waals surface area contributed by atoms with Gasteiger partial charge in [0.05, 0.1) is 21.5 Å². The van der Waals surface area contributed by atoms with E-state index < -0.39 is 14.8 Å². The van der Waals surface area contributed by atoms with Gasteiger partial charge in [0.25, 0.3) is 11.6 Å². The number of carbonyl (C=O) groups is 1. The van der Waals surface area contributed by atoms with Crippen LogP contribution in [0.3, 0.4) is 0 Å². The van der Waals surface area contributed by atoms with Crippen LogP contribution in [-0.4, -0.2) is 54.3 Å². The third-order valence-corrected chi connectivity index (χ3v) is 7.13. The molecule has 2 fully saturated rings. The Labute approximate surface area is 162 Å². The Morgan fingerprint density at radius 1 is 1.26 bits per heavy atom. The lowest BCUT2D eigenvalue weighted by molar-refractivity contribution is -0.384. The highest BCUT2D eigenvalue weighted by Gasteiger charge is 2.39. The first-order chi connectivity index (χ1) is 12.8. The fourth-order valence-electron chi connectivity index (χ4n) is 3.82. The number of halogens is 1. The SMILES string of the molecule is O=C(COc1ccc([N+](=O)[O-])cc1Cl)N(C1CCCC1)[C@H]1CCS(=O)(=O)C1. The van der Waals surface area contributed by atoms with Crippen LogP contribution in [0.25, 0.3) is 0 Å². The molecule has 0 aromatic heterocycles. The molecular formula is C17H21ClN2O6S. The van der Waals surface area contributed by atoms with E-state index in [2.05, 4.69) is 0 Å². The molecule has 2 aliphatic rings. The lowest BCUT2D eigenvalue weighted by Crippen LogP contribution is -2.48. The number of nitro benzene ring substituents is 1. The van der Waals surface area contributed by atoms with Crippen molar-refractivity contribution in [2.24, 2.45) is 0 Å². The molecule has 1 amide bonds. The second-order valence-corrected chi connectivity index (χ2v) is 9.59. The normalized spacial score (nSPS) is 21.9. The van der Waals surface area contributed by atoms with Crippen molar-refractivity contribution >= 4 is 33.0 Å². The van der Waals surface area contributed by atoms with E-state index in [-0.39, 0.29) is 52.6 Å². The van der Waals surface area contributed by atoms with Crippen LogP contribution in [-0.2, 0) is 14.6 Å². The summed E-state index contributed by atoms with van der Waals surface area (Å²) in [6.07, 6.45) is 4.20. The smallest absolute Gasteiger partial charge is 0.271 e. The fraction of sp³-hybridized carbons (Fsp3) is 0.588. The number of carbonyl (C=O) groups excluding carboxylic acids is 1. The highest BCUT2D eigenvalue weighted by Crippen LogP contribution is 2.31. The summed E-state index contributed by atoms with van der Waals surface area (Å²) >= 11 is 5.99. The number of ether oxygens (including phenoxy) is 1. The van der Waals surface area contributed by atoms with Gasteiger partial charge < -0.3 is 9.64 Å². The van der Waals surface area contributed by atoms with Crippen LogP contribution < -0.4 is 4.74 Å². The van der Waals surface area contributed by atoms with E-state index in [4.69, 9.17) is 16.3 Å². The third-order valence-electron chi connectivity index (χ3n) is 5.09. The van der Waals surface area contributed by atoms with Crippen LogP contribution in [0.5, 0.6) is 5.75 Å². The number of nitro groups is 1. The lowest BCUT2D eigenvalue weighted by Gasteiger charge is -2.34. The Morgan fingerprint density at radius 3 is 2.52 bits per heavy atom. The van der Waals surface area contributed by atoms with Crippen molar-refractivity contribution in [2.75, 3.05) is 18.1 Å². The summed E-state index contributed by atoms with van der Waals surface area (Å²) < 4.78 is 29.2. The molecule has 0 spiro atoms. The van der Waals surface area contributed by atoms with Crippen molar-refractivity contribution in [3.63, 3.8) is 0 Å². The van der Waals surface area contributed by atoms with Gasteiger partial charge in [-0.3, -0.25) is 14.9 Å². The summed E-state index contributed by atoms with van der Waals surface area (Å²) in [4.78, 5) is 24.7. The Kier molecular flexibility index (Phi) is 5.90. The van der Waals surface area contributed by atoms with Crippen molar-refractivity contribution in [3.8, 4) is 5.75 Å². The summed E-state index contributed by atoms with van der Waals surface area (Å²) in [5, 5.41) is 10.8. The lowest BCUT2D eigenvalue weighted by atomic mass is 10.1. The van der Waals surface area contributed by atoms with Crippen molar-refractivity contribution in [2.45, 2.75) is 44.2 Å². The van der Waals surface area contributed by atoms with Crippen molar-refractivity contribution in [1.82, 2.24) is 4.90 Å². The third kappa shape index (κ3) is 4.70. The first-order valence-electron chi connectivity index (χ1n) is 8.85. The van der Waals surface area contributed by atoms with E-state index in [1.807, 2.05) is 0 Å². The van der Waals surface area contributed by atoms with Gasteiger partial charge in [-0.1, -0.05) is 24.4 Å². The molecule has 1 heterocycles. The minimum absolute atomic E-state index is 0.00642. The molecule has 0 N–H and O–H groups in total. The van der Waals surface area contributed by atoms with Crippen LogP contribution in [0.1, 0.15) is 32.1 Å². The quantitative estimate of drug-likeness (QED) is 0.521. The second kappa shape index (κ2) is 8.02. The number of sulfone groups is 1. The zero-order valence-corrected chi connectivity index (χ0v) is 16.2. The van der Waals surface area contributed by atoms with E-state index in [0.29, 0.717) is 6.42 Å². The van der Waals surface area contributed by atoms with Gasteiger partial charge in [0.2, 0.25) is 0 Å². The van der Waals surface area contributed by atoms with E-state index in [9.17, 15) is 23.3 Å². The van der Waals surface area contributed by atoms with E-state index in [0.717, 1.165) is 25.7 Å². The Morgan fingerprint density at radius 2 is 1.96 bits per heavy atom. The van der Waals surface area contributed by atoms with Crippen LogP contribution >= 0.6 is 11.6 Å². The van der Waals surface area contributed by atoms with Gasteiger partial charge >= 0.3 is 0 Å². The molecule has 0 unspecified atom stereocenters. The molecular weight excluding hydrogens is 396 g/mol. The highest BCUT2D eigenvalue weighted by atomic mass is 35.5. The van der Waals surface area contributed by atoms with Crippen LogP contribution in [0.4, 0.5) is 5.69 Å². The zero-order valence-electron chi connectivity index (χ0n) is 14.7. The summed E-state index contributed by atoms with van der Waals surface area (Å²) in [7, 11) is -3.11. The minimum atomic E-state index is -3.11. The molecule has 10 heteroatoms. The molecule has 0 radical (unpaired) electrons. The molecule has 1 aliphatic heterocycles. The summed E-state index contributed by atoms with van der Waals surface area (Å²) in [6.45, 7) is -0.287. The molecule has 1 aliphatic carbocycles. The summed E-state index contributed by atoms with van der Waals surface area (Å²) in [5.74, 6) is -0.00375. The van der Waals surface area contributed by atoms with Gasteiger partial charge in [0.15, 0.2) is 16.4 Å². The van der Waals surface area contributed by atoms with Gasteiger partial charge in [-0.25, -0.2) is 8.42 Å². The summed E-state index contributed by atoms with van der Waals surface area (Å²) in [6, 6.07) is 3.49. The summed E-state index contributed by atoms with van der Waals surface area (Å²) in [5.41, 5.74) is -0.164. The average Bonchev–Trinajstić information content (AvgIpc) is 3.24. The largest absolute Gasteiger partial charge is 0.482 e. The van der Waals surface area contributed by atoms with E-state index in [1.54, 1.807) is 4.90 Å². The zero-order chi connectivity index (χ0) is 19.6. The number of benzene rings is 1. The van der Waals surface area contributed by atoms with Gasteiger partial charge in [-0.15, -0.1) is 0 Å². The fourth-order valence-corrected chi connectivity index (χ4v) is 5.76. The molecule has 1 saturated heterocycles. The molecule has 1 aromatic rings. The first kappa shape index (κ1) is 19.9. The van der Waals surface area contributed by atoms with Crippen molar-refractivity contribution in [3.05, 3.63) is 33.3 Å². The van der Waals surface area contributed by atoms with E-state index in [1.165, 1.54) is 18.2 Å². The number of non-ortho nitro benzene ring substituents is 1. The molecule has 1 atom stereocenters. The molecule has 148 valence electrons. The van der Waals surface area contributed by atoms with Crippen LogP contribution in [0, 0.1) is 10.1 Å². The second-order valence-electron chi connectivity index (χ2n) is 6.96. The molecule has 27 heavy (non-hydrogen) atoms. The number of nitrogens with zero attached hydrogens (tertiary/aromatic N) is 2. The number of amides is 1. The molecule has 0 bridgehead atoms. The number of hydrogen-bond acceptors (Lipinski definition) is 6. The van der Waals surface area contributed by atoms with E-state index >= 15 is 0 Å². The molecule has 1 saturated carbocycles. The number of rotatable bonds is 6.